The molecule has 0 amide bonds. The molecule has 0 aliphatic carbocycles. The molecule has 1 aromatic heterocycles. The Morgan fingerprint density at radius 2 is 2.09 bits per heavy atom. The van der Waals surface area contributed by atoms with E-state index in [-0.39, 0.29) is 10.7 Å². The van der Waals surface area contributed by atoms with Gasteiger partial charge in [0, 0.05) is 7.05 Å². The van der Waals surface area contributed by atoms with Crippen LogP contribution in [0.25, 0.3) is 0 Å². The van der Waals surface area contributed by atoms with E-state index in [1.54, 1.807) is 13.1 Å². The van der Waals surface area contributed by atoms with Gasteiger partial charge in [0.2, 0.25) is 0 Å². The van der Waals surface area contributed by atoms with Crippen molar-refractivity contribution in [1.82, 2.24) is 4.57 Å². The lowest BCUT2D eigenvalue weighted by molar-refractivity contribution is 0.854. The Morgan fingerprint density at radius 3 is 2.64 bits per heavy atom. The number of aromatic nitrogens is 1. The van der Waals surface area contributed by atoms with Crippen molar-refractivity contribution in [3.05, 3.63) is 30.2 Å². The van der Waals surface area contributed by atoms with E-state index < -0.39 is 0 Å². The molecule has 1 rings (SSSR count). The van der Waals surface area contributed by atoms with Gasteiger partial charge in [-0.25, -0.2) is 0 Å². The molecule has 1 heterocycles. The van der Waals surface area contributed by atoms with Crippen molar-refractivity contribution in [2.75, 3.05) is 0 Å². The lowest BCUT2D eigenvalue weighted by Gasteiger charge is -2.02. The fourth-order valence-electron chi connectivity index (χ4n) is 0.642. The van der Waals surface area contributed by atoms with E-state index in [1.807, 2.05) is 22.6 Å². The molecule has 0 aromatic carbocycles. The van der Waals surface area contributed by atoms with Gasteiger partial charge in [-0.3, -0.25) is 4.79 Å². The van der Waals surface area contributed by atoms with Gasteiger partial charge in [-0.05, 0) is 28.7 Å². The standard InChI is InChI=1S/C6H4Cl2INO/c1-10-5(8)3(7)2-4(9)6(10)11/h2H,1H3. The Bertz CT molecular complexity index is 347. The van der Waals surface area contributed by atoms with Gasteiger partial charge < -0.3 is 4.57 Å². The summed E-state index contributed by atoms with van der Waals surface area (Å²) in [5.74, 6) is 0. The lowest BCUT2D eigenvalue weighted by atomic mass is 10.5. The van der Waals surface area contributed by atoms with Gasteiger partial charge >= 0.3 is 0 Å². The Balaban J connectivity index is 3.59. The van der Waals surface area contributed by atoms with Crippen LogP contribution in [-0.4, -0.2) is 4.57 Å². The van der Waals surface area contributed by atoms with E-state index >= 15 is 0 Å². The third kappa shape index (κ3) is 1.71. The van der Waals surface area contributed by atoms with Crippen molar-refractivity contribution in [3.63, 3.8) is 0 Å². The molecule has 0 N–H and O–H groups in total. The van der Waals surface area contributed by atoms with Gasteiger partial charge in [0.15, 0.2) is 0 Å². The summed E-state index contributed by atoms with van der Waals surface area (Å²) in [5.41, 5.74) is -0.125. The normalized spacial score (nSPS) is 10.2. The van der Waals surface area contributed by atoms with Crippen LogP contribution in [-0.2, 0) is 7.05 Å². The molecule has 0 atom stereocenters. The van der Waals surface area contributed by atoms with Crippen molar-refractivity contribution in [2.45, 2.75) is 0 Å². The van der Waals surface area contributed by atoms with Crippen molar-refractivity contribution >= 4 is 45.8 Å². The first kappa shape index (κ1) is 9.35. The largest absolute Gasteiger partial charge is 0.300 e. The van der Waals surface area contributed by atoms with Crippen LogP contribution in [0, 0.1) is 3.57 Å². The monoisotopic (exact) mass is 303 g/mol. The van der Waals surface area contributed by atoms with E-state index in [2.05, 4.69) is 0 Å². The predicted octanol–water partition coefficient (Wildman–Crippen LogP) is 2.30. The molecule has 5 heteroatoms. The van der Waals surface area contributed by atoms with Gasteiger partial charge in [0.25, 0.3) is 5.56 Å². The molecule has 0 spiro atoms. The number of pyridine rings is 1. The minimum Gasteiger partial charge on any atom is -0.300 e. The zero-order chi connectivity index (χ0) is 8.59. The molecule has 0 aliphatic rings. The van der Waals surface area contributed by atoms with Crippen LogP contribution in [0.2, 0.25) is 10.2 Å². The van der Waals surface area contributed by atoms with Crippen molar-refractivity contribution in [3.8, 4) is 0 Å². The third-order valence-corrected chi connectivity index (χ3v) is 2.87. The van der Waals surface area contributed by atoms with Crippen LogP contribution in [0.5, 0.6) is 0 Å². The van der Waals surface area contributed by atoms with Crippen LogP contribution in [0.1, 0.15) is 0 Å². The van der Waals surface area contributed by atoms with Crippen LogP contribution in [0.4, 0.5) is 0 Å². The van der Waals surface area contributed by atoms with Crippen LogP contribution in [0.3, 0.4) is 0 Å². The summed E-state index contributed by atoms with van der Waals surface area (Å²) < 4.78 is 1.88. The van der Waals surface area contributed by atoms with E-state index in [0.717, 1.165) is 0 Å². The zero-order valence-electron chi connectivity index (χ0n) is 5.57. The van der Waals surface area contributed by atoms with E-state index in [0.29, 0.717) is 8.59 Å². The Hall–Kier alpha value is 0.260. The van der Waals surface area contributed by atoms with Crippen LogP contribution < -0.4 is 5.56 Å². The first-order chi connectivity index (χ1) is 5.04. The highest BCUT2D eigenvalue weighted by Crippen LogP contribution is 2.20. The molecule has 60 valence electrons. The van der Waals surface area contributed by atoms with Gasteiger partial charge in [-0.15, -0.1) is 0 Å². The van der Waals surface area contributed by atoms with E-state index in [4.69, 9.17) is 23.2 Å². The van der Waals surface area contributed by atoms with Gasteiger partial charge in [0.1, 0.15) is 5.15 Å². The first-order valence-electron chi connectivity index (χ1n) is 2.74. The number of halogens is 3. The third-order valence-electron chi connectivity index (χ3n) is 1.25. The van der Waals surface area contributed by atoms with Crippen molar-refractivity contribution < 1.29 is 0 Å². The summed E-state index contributed by atoms with van der Waals surface area (Å²) in [6.07, 6.45) is 0. The highest BCUT2D eigenvalue weighted by Gasteiger charge is 2.05. The minimum atomic E-state index is -0.125. The zero-order valence-corrected chi connectivity index (χ0v) is 9.24. The van der Waals surface area contributed by atoms with Crippen molar-refractivity contribution in [1.29, 1.82) is 0 Å². The summed E-state index contributed by atoms with van der Waals surface area (Å²) in [4.78, 5) is 11.2. The van der Waals surface area contributed by atoms with Gasteiger partial charge in [-0.1, -0.05) is 23.2 Å². The molecule has 0 aliphatic heterocycles. The average Bonchev–Trinajstić information content (AvgIpc) is 1.97. The summed E-state index contributed by atoms with van der Waals surface area (Å²) in [7, 11) is 1.58. The predicted molar refractivity (Wildman–Crippen MR) is 54.4 cm³/mol. The molecule has 0 fully saturated rings. The molecule has 0 unspecified atom stereocenters. The molecule has 0 saturated carbocycles. The molecule has 11 heavy (non-hydrogen) atoms. The molecular formula is C6H4Cl2INO. The summed E-state index contributed by atoms with van der Waals surface area (Å²) >= 11 is 13.3. The molecule has 0 bridgehead atoms. The highest BCUT2D eigenvalue weighted by atomic mass is 127. The fraction of sp³-hybridized carbons (Fsp3) is 0.167. The molecular weight excluding hydrogens is 300 g/mol. The molecule has 2 nitrogen and oxygen atoms in total. The first-order valence-corrected chi connectivity index (χ1v) is 4.58. The van der Waals surface area contributed by atoms with Gasteiger partial charge in [0.05, 0.1) is 8.59 Å². The maximum absolute atomic E-state index is 11.2. The van der Waals surface area contributed by atoms with E-state index in [1.165, 1.54) is 4.57 Å². The van der Waals surface area contributed by atoms with Crippen LogP contribution >= 0.6 is 45.8 Å². The molecule has 1 aromatic rings. The minimum absolute atomic E-state index is 0.125. The number of nitrogens with zero attached hydrogens (tertiary/aromatic N) is 1. The number of hydrogen-bond donors (Lipinski definition) is 0. The second-order valence-corrected chi connectivity index (χ2v) is 3.92. The molecule has 0 radical (unpaired) electrons. The Morgan fingerprint density at radius 1 is 1.55 bits per heavy atom. The molecule has 0 saturated heterocycles. The highest BCUT2D eigenvalue weighted by molar-refractivity contribution is 14.1. The second-order valence-electron chi connectivity index (χ2n) is 2.00. The smallest absolute Gasteiger partial charge is 0.264 e. The van der Waals surface area contributed by atoms with E-state index in [9.17, 15) is 4.79 Å². The maximum Gasteiger partial charge on any atom is 0.264 e. The average molecular weight is 304 g/mol. The Kier molecular flexibility index (Phi) is 2.83. The number of hydrogen-bond acceptors (Lipinski definition) is 1. The van der Waals surface area contributed by atoms with Gasteiger partial charge in [-0.2, -0.15) is 0 Å². The fourth-order valence-corrected chi connectivity index (χ4v) is 1.87. The summed E-state index contributed by atoms with van der Waals surface area (Å²) in [6.45, 7) is 0. The SMILES string of the molecule is Cn1c(Cl)c(Cl)cc(I)c1=O. The lowest BCUT2D eigenvalue weighted by Crippen LogP contribution is -2.19. The maximum atomic E-state index is 11.2. The summed E-state index contributed by atoms with van der Waals surface area (Å²) in [6, 6.07) is 1.55. The second kappa shape index (κ2) is 3.33. The summed E-state index contributed by atoms with van der Waals surface area (Å²) in [5, 5.41) is 0.676. The van der Waals surface area contributed by atoms with Crippen LogP contribution in [0.15, 0.2) is 10.9 Å². The quantitative estimate of drug-likeness (QED) is 0.532. The van der Waals surface area contributed by atoms with Crippen molar-refractivity contribution in [2.24, 2.45) is 7.05 Å². The Labute approximate surface area is 87.3 Å². The topological polar surface area (TPSA) is 22.0 Å². The number of rotatable bonds is 0.